The largest absolute Gasteiger partial charge is 0.489 e. The fourth-order valence-corrected chi connectivity index (χ4v) is 3.29. The molecule has 1 heterocycles. The summed E-state index contributed by atoms with van der Waals surface area (Å²) in [4.78, 5) is 35.9. The molecular formula is C18H15FN2O4S. The number of hydrogen-bond acceptors (Lipinski definition) is 5. The monoisotopic (exact) mass is 374 g/mol. The van der Waals surface area contributed by atoms with Gasteiger partial charge in [-0.3, -0.25) is 20.2 Å². The summed E-state index contributed by atoms with van der Waals surface area (Å²) in [7, 11) is 0. The minimum absolute atomic E-state index is 0.289. The molecule has 4 amide bonds. The first kappa shape index (κ1) is 17.9. The summed E-state index contributed by atoms with van der Waals surface area (Å²) < 4.78 is 17.1. The van der Waals surface area contributed by atoms with Crippen LogP contribution in [0.1, 0.15) is 12.5 Å². The molecule has 0 radical (unpaired) electrons. The number of imide groups is 2. The van der Waals surface area contributed by atoms with Crippen molar-refractivity contribution in [3.05, 3.63) is 59.9 Å². The number of carbonyl (C=O) groups is 3. The fourth-order valence-electron chi connectivity index (χ4n) is 2.26. The van der Waals surface area contributed by atoms with E-state index in [1.807, 2.05) is 0 Å². The van der Waals surface area contributed by atoms with Gasteiger partial charge in [-0.15, -0.1) is 0 Å². The summed E-state index contributed by atoms with van der Waals surface area (Å²) in [5, 5.41) is 4.18. The van der Waals surface area contributed by atoms with Crippen LogP contribution in [0.3, 0.4) is 0 Å². The van der Waals surface area contributed by atoms with Gasteiger partial charge >= 0.3 is 6.03 Å². The van der Waals surface area contributed by atoms with Gasteiger partial charge in [-0.2, -0.15) is 0 Å². The molecule has 8 heteroatoms. The van der Waals surface area contributed by atoms with Crippen LogP contribution >= 0.6 is 11.8 Å². The molecule has 1 saturated heterocycles. The van der Waals surface area contributed by atoms with Gasteiger partial charge < -0.3 is 4.74 Å². The first-order valence-corrected chi connectivity index (χ1v) is 8.52. The Morgan fingerprint density at radius 1 is 0.962 bits per heavy atom. The van der Waals surface area contributed by atoms with Crippen LogP contribution in [0.4, 0.5) is 9.18 Å². The minimum atomic E-state index is -1.44. The highest BCUT2D eigenvalue weighted by atomic mass is 32.2. The zero-order chi connectivity index (χ0) is 18.7. The van der Waals surface area contributed by atoms with Crippen molar-refractivity contribution in [2.24, 2.45) is 0 Å². The molecule has 2 N–H and O–H groups in total. The standard InChI is InChI=1S/C18H15FN2O4S/c1-18(15(22)20-17(24)21-16(18)23)26-14-8-6-13(7-9-14)25-10-11-2-4-12(19)5-3-11/h2-9H,10H2,1H3,(H2,20,21,22,23,24). The Labute approximate surface area is 153 Å². The Morgan fingerprint density at radius 3 is 2.12 bits per heavy atom. The summed E-state index contributed by atoms with van der Waals surface area (Å²) >= 11 is 1.04. The van der Waals surface area contributed by atoms with Crippen molar-refractivity contribution in [3.63, 3.8) is 0 Å². The number of benzene rings is 2. The topological polar surface area (TPSA) is 84.5 Å². The fraction of sp³-hybridized carbons (Fsp3) is 0.167. The summed E-state index contributed by atoms with van der Waals surface area (Å²) in [5.41, 5.74) is 0.831. The Morgan fingerprint density at radius 2 is 1.54 bits per heavy atom. The van der Waals surface area contributed by atoms with Crippen LogP contribution in [0, 0.1) is 5.82 Å². The van der Waals surface area contributed by atoms with E-state index in [0.717, 1.165) is 17.3 Å². The van der Waals surface area contributed by atoms with Crippen LogP contribution < -0.4 is 15.4 Å². The van der Waals surface area contributed by atoms with E-state index in [0.29, 0.717) is 10.6 Å². The van der Waals surface area contributed by atoms with E-state index in [1.54, 1.807) is 36.4 Å². The van der Waals surface area contributed by atoms with Gasteiger partial charge in [0.05, 0.1) is 0 Å². The second kappa shape index (κ2) is 7.17. The summed E-state index contributed by atoms with van der Waals surface area (Å²) in [6.45, 7) is 1.74. The summed E-state index contributed by atoms with van der Waals surface area (Å²) in [5.74, 6) is -1.03. The number of rotatable bonds is 5. The lowest BCUT2D eigenvalue weighted by Gasteiger charge is -2.29. The number of urea groups is 1. The van der Waals surface area contributed by atoms with Crippen LogP contribution in [0.5, 0.6) is 5.75 Å². The molecule has 6 nitrogen and oxygen atoms in total. The van der Waals surface area contributed by atoms with Crippen LogP contribution in [-0.2, 0) is 16.2 Å². The average molecular weight is 374 g/mol. The number of hydrogen-bond donors (Lipinski definition) is 2. The zero-order valence-corrected chi connectivity index (χ0v) is 14.6. The number of halogens is 1. The summed E-state index contributed by atoms with van der Waals surface area (Å²) in [6.07, 6.45) is 0. The van der Waals surface area contributed by atoms with E-state index in [4.69, 9.17) is 4.74 Å². The van der Waals surface area contributed by atoms with Crippen molar-refractivity contribution in [2.75, 3.05) is 0 Å². The maximum Gasteiger partial charge on any atom is 0.328 e. The molecule has 3 rings (SSSR count). The van der Waals surface area contributed by atoms with Crippen LogP contribution in [-0.4, -0.2) is 22.6 Å². The molecule has 0 unspecified atom stereocenters. The number of amides is 4. The van der Waals surface area contributed by atoms with E-state index in [2.05, 4.69) is 10.6 Å². The van der Waals surface area contributed by atoms with Gasteiger partial charge in [0.15, 0.2) is 4.75 Å². The van der Waals surface area contributed by atoms with Gasteiger partial charge in [-0.05, 0) is 48.9 Å². The molecule has 2 aromatic rings. The van der Waals surface area contributed by atoms with Crippen molar-refractivity contribution < 1.29 is 23.5 Å². The highest BCUT2D eigenvalue weighted by molar-refractivity contribution is 8.02. The predicted octanol–water partition coefficient (Wildman–Crippen LogP) is 2.62. The average Bonchev–Trinajstić information content (AvgIpc) is 2.61. The molecule has 1 fully saturated rings. The van der Waals surface area contributed by atoms with E-state index in [1.165, 1.54) is 19.1 Å². The lowest BCUT2D eigenvalue weighted by atomic mass is 10.1. The van der Waals surface area contributed by atoms with Gasteiger partial charge in [-0.1, -0.05) is 23.9 Å². The molecule has 0 bridgehead atoms. The molecule has 0 spiro atoms. The second-order valence-electron chi connectivity index (χ2n) is 5.76. The zero-order valence-electron chi connectivity index (χ0n) is 13.7. The van der Waals surface area contributed by atoms with E-state index in [-0.39, 0.29) is 12.4 Å². The maximum atomic E-state index is 12.9. The highest BCUT2D eigenvalue weighted by Gasteiger charge is 2.47. The Kier molecular flexibility index (Phi) is 4.94. The Balaban J connectivity index is 1.64. The van der Waals surface area contributed by atoms with Crippen molar-refractivity contribution in [3.8, 4) is 5.75 Å². The molecule has 26 heavy (non-hydrogen) atoms. The molecule has 2 aromatic carbocycles. The van der Waals surface area contributed by atoms with Crippen molar-refractivity contribution in [1.82, 2.24) is 10.6 Å². The number of ether oxygens (including phenoxy) is 1. The molecular weight excluding hydrogens is 359 g/mol. The smallest absolute Gasteiger partial charge is 0.328 e. The third kappa shape index (κ3) is 3.85. The first-order valence-electron chi connectivity index (χ1n) is 7.70. The predicted molar refractivity (Wildman–Crippen MR) is 93.1 cm³/mol. The van der Waals surface area contributed by atoms with E-state index >= 15 is 0 Å². The SMILES string of the molecule is CC1(Sc2ccc(OCc3ccc(F)cc3)cc2)C(=O)NC(=O)NC1=O. The number of nitrogens with one attached hydrogen (secondary N) is 2. The number of barbiturate groups is 1. The molecule has 0 atom stereocenters. The van der Waals surface area contributed by atoms with Crippen LogP contribution in [0.2, 0.25) is 0 Å². The van der Waals surface area contributed by atoms with Gasteiger partial charge in [0.25, 0.3) is 11.8 Å². The van der Waals surface area contributed by atoms with Crippen molar-refractivity contribution >= 4 is 29.6 Å². The molecule has 0 saturated carbocycles. The number of carbonyl (C=O) groups excluding carboxylic acids is 3. The molecule has 0 aliphatic carbocycles. The molecule has 134 valence electrons. The van der Waals surface area contributed by atoms with Gasteiger partial charge in [0.1, 0.15) is 18.2 Å². The van der Waals surface area contributed by atoms with Gasteiger partial charge in [0.2, 0.25) is 0 Å². The van der Waals surface area contributed by atoms with Crippen molar-refractivity contribution in [2.45, 2.75) is 23.2 Å². The molecule has 1 aliphatic rings. The number of thioether (sulfide) groups is 1. The Hall–Kier alpha value is -2.87. The van der Waals surface area contributed by atoms with Gasteiger partial charge in [-0.25, -0.2) is 9.18 Å². The lowest BCUT2D eigenvalue weighted by Crippen LogP contribution is -2.63. The van der Waals surface area contributed by atoms with Crippen molar-refractivity contribution in [1.29, 1.82) is 0 Å². The van der Waals surface area contributed by atoms with Crippen LogP contribution in [0.15, 0.2) is 53.4 Å². The normalized spacial score (nSPS) is 16.0. The third-order valence-electron chi connectivity index (χ3n) is 3.79. The Bertz CT molecular complexity index is 832. The van der Waals surface area contributed by atoms with E-state index < -0.39 is 22.6 Å². The maximum absolute atomic E-state index is 12.9. The lowest BCUT2D eigenvalue weighted by molar-refractivity contribution is -0.132. The van der Waals surface area contributed by atoms with E-state index in [9.17, 15) is 18.8 Å². The minimum Gasteiger partial charge on any atom is -0.489 e. The second-order valence-corrected chi connectivity index (χ2v) is 7.25. The first-order chi connectivity index (χ1) is 12.4. The highest BCUT2D eigenvalue weighted by Crippen LogP contribution is 2.35. The molecule has 0 aromatic heterocycles. The van der Waals surface area contributed by atoms with Gasteiger partial charge in [0, 0.05) is 4.90 Å². The molecule has 1 aliphatic heterocycles. The third-order valence-corrected chi connectivity index (χ3v) is 5.07. The summed E-state index contributed by atoms with van der Waals surface area (Å²) in [6, 6.07) is 12.0. The quantitative estimate of drug-likeness (QED) is 0.786. The van der Waals surface area contributed by atoms with Crippen LogP contribution in [0.25, 0.3) is 0 Å².